The highest BCUT2D eigenvalue weighted by Gasteiger charge is 2.36. The van der Waals surface area contributed by atoms with E-state index in [0.29, 0.717) is 6.54 Å². The van der Waals surface area contributed by atoms with Gasteiger partial charge in [-0.2, -0.15) is 5.10 Å². The van der Waals surface area contributed by atoms with Crippen LogP contribution >= 0.6 is 0 Å². The van der Waals surface area contributed by atoms with E-state index in [4.69, 9.17) is 4.74 Å². The first-order valence-electron chi connectivity index (χ1n) is 9.78. The Morgan fingerprint density at radius 3 is 2.48 bits per heavy atom. The molecule has 0 saturated heterocycles. The summed E-state index contributed by atoms with van der Waals surface area (Å²) in [6.07, 6.45) is 2.26. The Morgan fingerprint density at radius 2 is 1.79 bits per heavy atom. The van der Waals surface area contributed by atoms with E-state index in [0.717, 1.165) is 12.1 Å². The van der Waals surface area contributed by atoms with Gasteiger partial charge >= 0.3 is 5.97 Å². The molecule has 6 heteroatoms. The maximum Gasteiger partial charge on any atom is 0.342 e. The van der Waals surface area contributed by atoms with Gasteiger partial charge in [-0.1, -0.05) is 42.5 Å². The van der Waals surface area contributed by atoms with Crippen molar-refractivity contribution in [2.24, 2.45) is 0 Å². The molecule has 0 radical (unpaired) electrons. The van der Waals surface area contributed by atoms with Gasteiger partial charge in [0.2, 0.25) is 0 Å². The minimum Gasteiger partial charge on any atom is -0.462 e. The van der Waals surface area contributed by atoms with Gasteiger partial charge in [-0.05, 0) is 43.5 Å². The number of aromatic nitrogens is 2. The molecule has 0 aliphatic carbocycles. The van der Waals surface area contributed by atoms with E-state index >= 15 is 0 Å². The van der Waals surface area contributed by atoms with Crippen LogP contribution in [0.15, 0.2) is 60.8 Å². The van der Waals surface area contributed by atoms with Gasteiger partial charge in [0.25, 0.3) is 5.91 Å². The number of hydrogen-bond acceptors (Lipinski definition) is 4. The molecule has 1 unspecified atom stereocenters. The third-order valence-electron chi connectivity index (χ3n) is 5.10. The second-order valence-corrected chi connectivity index (χ2v) is 7.16. The summed E-state index contributed by atoms with van der Waals surface area (Å²) in [6.45, 7) is 4.48. The topological polar surface area (TPSA) is 64.4 Å². The SMILES string of the molecule is CCOC(=O)c1cnn2c1C(=O)N(c1ccc(Cc3ccccc3)cc1)C(C)C2. The van der Waals surface area contributed by atoms with E-state index in [1.54, 1.807) is 16.5 Å². The van der Waals surface area contributed by atoms with Gasteiger partial charge in [-0.25, -0.2) is 4.79 Å². The summed E-state index contributed by atoms with van der Waals surface area (Å²) < 4.78 is 6.67. The van der Waals surface area contributed by atoms with Crippen LogP contribution in [0.1, 0.15) is 45.8 Å². The summed E-state index contributed by atoms with van der Waals surface area (Å²) in [5, 5.41) is 4.22. The summed E-state index contributed by atoms with van der Waals surface area (Å²) in [5.74, 6) is -0.755. The van der Waals surface area contributed by atoms with Crippen molar-refractivity contribution in [3.63, 3.8) is 0 Å². The van der Waals surface area contributed by atoms with Gasteiger partial charge in [0, 0.05) is 5.69 Å². The molecule has 1 aromatic heterocycles. The number of benzene rings is 2. The molecule has 6 nitrogen and oxygen atoms in total. The maximum absolute atomic E-state index is 13.3. The first kappa shape index (κ1) is 18.9. The van der Waals surface area contributed by atoms with Crippen molar-refractivity contribution in [2.45, 2.75) is 32.9 Å². The zero-order valence-corrected chi connectivity index (χ0v) is 16.5. The molecule has 0 N–H and O–H groups in total. The lowest BCUT2D eigenvalue weighted by atomic mass is 10.0. The van der Waals surface area contributed by atoms with Crippen molar-refractivity contribution in [2.75, 3.05) is 11.5 Å². The summed E-state index contributed by atoms with van der Waals surface area (Å²) in [5.41, 5.74) is 3.73. The van der Waals surface area contributed by atoms with Crippen molar-refractivity contribution >= 4 is 17.6 Å². The smallest absolute Gasteiger partial charge is 0.342 e. The fourth-order valence-corrected chi connectivity index (χ4v) is 3.73. The van der Waals surface area contributed by atoms with Crippen LogP contribution in [-0.2, 0) is 17.7 Å². The number of fused-ring (bicyclic) bond motifs is 1. The quantitative estimate of drug-likeness (QED) is 0.624. The van der Waals surface area contributed by atoms with E-state index in [-0.39, 0.29) is 29.8 Å². The normalized spacial score (nSPS) is 15.9. The van der Waals surface area contributed by atoms with Crippen molar-refractivity contribution in [3.8, 4) is 0 Å². The van der Waals surface area contributed by atoms with E-state index in [1.165, 1.54) is 17.3 Å². The molecule has 3 aromatic rings. The lowest BCUT2D eigenvalue weighted by Crippen LogP contribution is -2.47. The van der Waals surface area contributed by atoms with E-state index < -0.39 is 5.97 Å². The van der Waals surface area contributed by atoms with Crippen LogP contribution in [0.5, 0.6) is 0 Å². The largest absolute Gasteiger partial charge is 0.462 e. The van der Waals surface area contributed by atoms with E-state index in [2.05, 4.69) is 17.2 Å². The van der Waals surface area contributed by atoms with Crippen LogP contribution in [0.25, 0.3) is 0 Å². The maximum atomic E-state index is 13.3. The molecule has 29 heavy (non-hydrogen) atoms. The number of hydrogen-bond donors (Lipinski definition) is 0. The molecule has 2 aromatic carbocycles. The number of esters is 1. The summed E-state index contributed by atoms with van der Waals surface area (Å²) in [7, 11) is 0. The highest BCUT2D eigenvalue weighted by atomic mass is 16.5. The average Bonchev–Trinajstić information content (AvgIpc) is 3.14. The first-order valence-corrected chi connectivity index (χ1v) is 9.78. The molecule has 0 saturated carbocycles. The third kappa shape index (κ3) is 3.66. The van der Waals surface area contributed by atoms with Crippen LogP contribution in [0.2, 0.25) is 0 Å². The third-order valence-corrected chi connectivity index (χ3v) is 5.10. The van der Waals surface area contributed by atoms with Crippen LogP contribution < -0.4 is 4.90 Å². The van der Waals surface area contributed by atoms with Gasteiger partial charge in [-0.3, -0.25) is 9.48 Å². The highest BCUT2D eigenvalue weighted by molar-refractivity contribution is 6.12. The predicted molar refractivity (Wildman–Crippen MR) is 110 cm³/mol. The lowest BCUT2D eigenvalue weighted by Gasteiger charge is -2.34. The Kier molecular flexibility index (Phi) is 5.16. The highest BCUT2D eigenvalue weighted by Crippen LogP contribution is 2.27. The fourth-order valence-electron chi connectivity index (χ4n) is 3.73. The predicted octanol–water partition coefficient (Wildman–Crippen LogP) is 3.70. The van der Waals surface area contributed by atoms with Gasteiger partial charge < -0.3 is 9.64 Å². The van der Waals surface area contributed by atoms with Crippen LogP contribution in [0, 0.1) is 0 Å². The Morgan fingerprint density at radius 1 is 1.10 bits per heavy atom. The van der Waals surface area contributed by atoms with Gasteiger partial charge in [0.1, 0.15) is 11.3 Å². The Balaban J connectivity index is 1.60. The number of carbonyl (C=O) groups is 2. The fraction of sp³-hybridized carbons (Fsp3) is 0.261. The summed E-state index contributed by atoms with van der Waals surface area (Å²) in [6, 6.07) is 18.2. The monoisotopic (exact) mass is 389 g/mol. The van der Waals surface area contributed by atoms with Gasteiger partial charge in [0.15, 0.2) is 0 Å². The molecule has 1 atom stereocenters. The Bertz CT molecular complexity index is 1030. The van der Waals surface area contributed by atoms with Crippen molar-refractivity contribution < 1.29 is 14.3 Å². The van der Waals surface area contributed by atoms with Crippen molar-refractivity contribution in [3.05, 3.63) is 83.2 Å². The van der Waals surface area contributed by atoms with Crippen molar-refractivity contribution in [1.82, 2.24) is 9.78 Å². The van der Waals surface area contributed by atoms with Crippen LogP contribution in [0.3, 0.4) is 0 Å². The second kappa shape index (κ2) is 7.91. The number of carbonyl (C=O) groups excluding carboxylic acids is 2. The second-order valence-electron chi connectivity index (χ2n) is 7.16. The molecular formula is C23H23N3O3. The molecule has 2 heterocycles. The summed E-state index contributed by atoms with van der Waals surface area (Å²) in [4.78, 5) is 27.2. The molecule has 0 fully saturated rings. The molecule has 0 spiro atoms. The minimum absolute atomic E-state index is 0.0788. The first-order chi connectivity index (χ1) is 14.1. The molecule has 4 rings (SSSR count). The van der Waals surface area contributed by atoms with Crippen molar-refractivity contribution in [1.29, 1.82) is 0 Å². The molecule has 1 aliphatic rings. The molecule has 1 aliphatic heterocycles. The number of amides is 1. The standard InChI is InChI=1S/C23H23N3O3/c1-3-29-23(28)20-14-24-25-15-16(2)26(22(27)21(20)25)19-11-9-18(10-12-19)13-17-7-5-4-6-8-17/h4-12,14,16H,3,13,15H2,1-2H3. The minimum atomic E-state index is -0.519. The number of anilines is 1. The lowest BCUT2D eigenvalue weighted by molar-refractivity contribution is 0.0522. The van der Waals surface area contributed by atoms with Gasteiger partial charge in [-0.15, -0.1) is 0 Å². The Labute approximate surface area is 169 Å². The molecular weight excluding hydrogens is 366 g/mol. The van der Waals surface area contributed by atoms with Crippen LogP contribution in [0.4, 0.5) is 5.69 Å². The van der Waals surface area contributed by atoms with E-state index in [9.17, 15) is 9.59 Å². The zero-order chi connectivity index (χ0) is 20.4. The number of rotatable bonds is 5. The van der Waals surface area contributed by atoms with E-state index in [1.807, 2.05) is 49.4 Å². The average molecular weight is 389 g/mol. The summed E-state index contributed by atoms with van der Waals surface area (Å²) >= 11 is 0. The zero-order valence-electron chi connectivity index (χ0n) is 16.5. The van der Waals surface area contributed by atoms with Crippen LogP contribution in [-0.4, -0.2) is 34.3 Å². The molecule has 148 valence electrons. The number of ether oxygens (including phenoxy) is 1. The van der Waals surface area contributed by atoms with Gasteiger partial charge in [0.05, 0.1) is 25.4 Å². The molecule has 0 bridgehead atoms. The Hall–Kier alpha value is -3.41. The molecule has 1 amide bonds. The number of nitrogens with zero attached hydrogens (tertiary/aromatic N) is 3.